The molecule has 4 rings (SSSR count). The van der Waals surface area contributed by atoms with Crippen LogP contribution in [0.3, 0.4) is 0 Å². The summed E-state index contributed by atoms with van der Waals surface area (Å²) in [5.41, 5.74) is 2.47. The molecule has 2 aromatic carbocycles. The molecule has 0 atom stereocenters. The fourth-order valence-corrected chi connectivity index (χ4v) is 4.35. The third kappa shape index (κ3) is 6.20. The Kier molecular flexibility index (Phi) is 8.04. The van der Waals surface area contributed by atoms with Crippen LogP contribution in [0, 0.1) is 0 Å². The van der Waals surface area contributed by atoms with Crippen LogP contribution < -0.4 is 16.0 Å². The number of thiophene rings is 1. The minimum absolute atomic E-state index is 0.123. The summed E-state index contributed by atoms with van der Waals surface area (Å²) in [6, 6.07) is 17.4. The Bertz CT molecular complexity index is 1340. The van der Waals surface area contributed by atoms with E-state index in [1.807, 2.05) is 41.8 Å². The van der Waals surface area contributed by atoms with Gasteiger partial charge in [-0.25, -0.2) is 9.48 Å². The van der Waals surface area contributed by atoms with Crippen LogP contribution in [0.1, 0.15) is 5.56 Å². The smallest absolute Gasteiger partial charge is 0.324 e. The molecule has 0 radical (unpaired) electrons. The third-order valence-electron chi connectivity index (χ3n) is 4.88. The van der Waals surface area contributed by atoms with Crippen LogP contribution in [0.25, 0.3) is 16.3 Å². The van der Waals surface area contributed by atoms with Crippen molar-refractivity contribution in [1.29, 1.82) is 0 Å². The molecule has 0 saturated carbocycles. The Labute approximate surface area is 215 Å². The van der Waals surface area contributed by atoms with Gasteiger partial charge in [0.2, 0.25) is 5.91 Å². The molecular formula is C24H21Cl2N5O3S. The number of hydrogen-bond acceptors (Lipinski definition) is 5. The summed E-state index contributed by atoms with van der Waals surface area (Å²) < 4.78 is 1.60. The molecule has 3 amide bonds. The predicted octanol–water partition coefficient (Wildman–Crippen LogP) is 5.20. The average Bonchev–Trinajstić information content (AvgIpc) is 3.51. The molecule has 8 nitrogen and oxygen atoms in total. The van der Waals surface area contributed by atoms with E-state index in [9.17, 15) is 9.59 Å². The number of nitrogens with one attached hydrogen (secondary N) is 3. The van der Waals surface area contributed by atoms with Crippen molar-refractivity contribution in [2.45, 2.75) is 6.42 Å². The minimum Gasteiger partial charge on any atom is -0.395 e. The molecule has 2 aromatic heterocycles. The molecule has 0 aliphatic rings. The number of halogens is 2. The highest BCUT2D eigenvalue weighted by Crippen LogP contribution is 2.31. The number of amides is 3. The summed E-state index contributed by atoms with van der Waals surface area (Å²) >= 11 is 13.8. The van der Waals surface area contributed by atoms with Gasteiger partial charge in [0.1, 0.15) is 11.5 Å². The zero-order valence-electron chi connectivity index (χ0n) is 18.3. The monoisotopic (exact) mass is 529 g/mol. The van der Waals surface area contributed by atoms with Crippen LogP contribution in [0.2, 0.25) is 10.0 Å². The number of carbonyl (C=O) groups is 2. The average molecular weight is 530 g/mol. The zero-order chi connectivity index (χ0) is 24.8. The van der Waals surface area contributed by atoms with Crippen molar-refractivity contribution in [3.8, 4) is 16.3 Å². The van der Waals surface area contributed by atoms with Gasteiger partial charge >= 0.3 is 6.03 Å². The number of hydrogen-bond donors (Lipinski definition) is 4. The quantitative estimate of drug-likeness (QED) is 0.251. The molecule has 0 unspecified atom stereocenters. The van der Waals surface area contributed by atoms with Gasteiger partial charge in [0, 0.05) is 12.6 Å². The van der Waals surface area contributed by atoms with Gasteiger partial charge in [-0.15, -0.1) is 11.3 Å². The molecule has 35 heavy (non-hydrogen) atoms. The summed E-state index contributed by atoms with van der Waals surface area (Å²) in [4.78, 5) is 25.8. The van der Waals surface area contributed by atoms with Crippen LogP contribution in [0.4, 0.5) is 16.3 Å². The van der Waals surface area contributed by atoms with Gasteiger partial charge in [0.25, 0.3) is 0 Å². The van der Waals surface area contributed by atoms with E-state index in [0.717, 1.165) is 10.4 Å². The molecule has 0 saturated heterocycles. The van der Waals surface area contributed by atoms with Crippen LogP contribution >= 0.6 is 34.5 Å². The number of aliphatic hydroxyl groups excluding tert-OH is 1. The maximum atomic E-state index is 12.8. The first-order valence-corrected chi connectivity index (χ1v) is 12.2. The Hall–Kier alpha value is -3.37. The molecular weight excluding hydrogens is 509 g/mol. The lowest BCUT2D eigenvalue weighted by molar-refractivity contribution is -0.120. The first-order chi connectivity index (χ1) is 16.9. The van der Waals surface area contributed by atoms with Crippen molar-refractivity contribution >= 4 is 58.0 Å². The lowest BCUT2D eigenvalue weighted by Gasteiger charge is -2.12. The first kappa shape index (κ1) is 24.7. The summed E-state index contributed by atoms with van der Waals surface area (Å²) in [6.07, 6.45) is 0.142. The van der Waals surface area contributed by atoms with Gasteiger partial charge < -0.3 is 15.7 Å². The van der Waals surface area contributed by atoms with Gasteiger partial charge in [-0.3, -0.25) is 10.1 Å². The zero-order valence-corrected chi connectivity index (χ0v) is 20.6. The number of nitrogens with zero attached hydrogens (tertiary/aromatic N) is 2. The summed E-state index contributed by atoms with van der Waals surface area (Å²) in [7, 11) is 0. The highest BCUT2D eigenvalue weighted by atomic mass is 35.5. The number of aliphatic hydroxyl groups is 1. The fraction of sp³-hybridized carbons (Fsp3) is 0.125. The van der Waals surface area contributed by atoms with Crippen molar-refractivity contribution in [3.63, 3.8) is 0 Å². The van der Waals surface area contributed by atoms with E-state index in [4.69, 9.17) is 28.3 Å². The number of aromatic nitrogens is 2. The Morgan fingerprint density at radius 2 is 1.86 bits per heavy atom. The summed E-state index contributed by atoms with van der Waals surface area (Å²) in [5, 5.41) is 24.3. The van der Waals surface area contributed by atoms with E-state index in [0.29, 0.717) is 27.9 Å². The molecule has 4 aromatic rings. The number of carbonyl (C=O) groups excluding carboxylic acids is 2. The molecule has 11 heteroatoms. The minimum atomic E-state index is -0.521. The lowest BCUT2D eigenvalue weighted by Crippen LogP contribution is -2.27. The molecule has 0 fully saturated rings. The van der Waals surface area contributed by atoms with Crippen LogP contribution in [0.5, 0.6) is 0 Å². The van der Waals surface area contributed by atoms with Crippen LogP contribution in [-0.4, -0.2) is 40.0 Å². The van der Waals surface area contributed by atoms with Crippen molar-refractivity contribution in [2.75, 3.05) is 23.8 Å². The van der Waals surface area contributed by atoms with Crippen molar-refractivity contribution in [1.82, 2.24) is 15.1 Å². The molecule has 0 aliphatic heterocycles. The second-order valence-corrected chi connectivity index (χ2v) is 9.14. The van der Waals surface area contributed by atoms with Gasteiger partial charge in [0.05, 0.1) is 39.3 Å². The maximum Gasteiger partial charge on any atom is 0.324 e. The van der Waals surface area contributed by atoms with Gasteiger partial charge in [-0.1, -0.05) is 47.5 Å². The number of urea groups is 1. The predicted molar refractivity (Wildman–Crippen MR) is 140 cm³/mol. The van der Waals surface area contributed by atoms with Gasteiger partial charge in [-0.05, 0) is 41.3 Å². The largest absolute Gasteiger partial charge is 0.395 e. The van der Waals surface area contributed by atoms with Gasteiger partial charge in [-0.2, -0.15) is 5.10 Å². The van der Waals surface area contributed by atoms with E-state index >= 15 is 0 Å². The molecule has 180 valence electrons. The Morgan fingerprint density at radius 3 is 2.63 bits per heavy atom. The topological polar surface area (TPSA) is 108 Å². The normalized spacial score (nSPS) is 10.7. The van der Waals surface area contributed by atoms with E-state index in [1.165, 1.54) is 11.3 Å². The van der Waals surface area contributed by atoms with E-state index in [1.54, 1.807) is 28.9 Å². The van der Waals surface area contributed by atoms with Crippen molar-refractivity contribution in [2.24, 2.45) is 0 Å². The standard InChI is InChI=1S/C24H21Cl2N5O3S/c25-17-6-2-7-18(23(17)26)28-24(34)29-21-14-19(20-8-3-11-35-20)30-31(21)16-5-1-4-15(12-16)13-22(33)27-9-10-32/h1-8,11-12,14,32H,9-10,13H2,(H,27,33)(H2,28,29,34). The summed E-state index contributed by atoms with van der Waals surface area (Å²) in [6.45, 7) is 0.0731. The fourth-order valence-electron chi connectivity index (χ4n) is 3.32. The van der Waals surface area contributed by atoms with E-state index in [-0.39, 0.29) is 30.5 Å². The van der Waals surface area contributed by atoms with Gasteiger partial charge in [0.15, 0.2) is 0 Å². The highest BCUT2D eigenvalue weighted by Gasteiger charge is 2.16. The molecule has 0 spiro atoms. The number of benzene rings is 2. The number of rotatable bonds is 8. The lowest BCUT2D eigenvalue weighted by atomic mass is 10.1. The molecule has 2 heterocycles. The summed E-state index contributed by atoms with van der Waals surface area (Å²) in [5.74, 6) is 0.220. The van der Waals surface area contributed by atoms with Crippen molar-refractivity contribution < 1.29 is 14.7 Å². The third-order valence-corrected chi connectivity index (χ3v) is 6.59. The Balaban J connectivity index is 1.62. The maximum absolute atomic E-state index is 12.8. The van der Waals surface area contributed by atoms with E-state index in [2.05, 4.69) is 21.0 Å². The molecule has 0 aliphatic carbocycles. The van der Waals surface area contributed by atoms with E-state index < -0.39 is 6.03 Å². The SMILES string of the molecule is O=C(Cc1cccc(-n2nc(-c3cccs3)cc2NC(=O)Nc2cccc(Cl)c2Cl)c1)NCCO. The second kappa shape index (κ2) is 11.4. The highest BCUT2D eigenvalue weighted by molar-refractivity contribution is 7.13. The van der Waals surface area contributed by atoms with Crippen LogP contribution in [-0.2, 0) is 11.2 Å². The Morgan fingerprint density at radius 1 is 1.03 bits per heavy atom. The van der Waals surface area contributed by atoms with Crippen molar-refractivity contribution in [3.05, 3.63) is 81.7 Å². The first-order valence-electron chi connectivity index (χ1n) is 10.6. The molecule has 0 bridgehead atoms. The van der Waals surface area contributed by atoms with Crippen LogP contribution in [0.15, 0.2) is 66.0 Å². The second-order valence-electron chi connectivity index (χ2n) is 7.40. The molecule has 4 N–H and O–H groups in total. The number of anilines is 2.